The Morgan fingerprint density at radius 2 is 1.97 bits per heavy atom. The molecule has 0 atom stereocenters. The van der Waals surface area contributed by atoms with Crippen LogP contribution in [-0.4, -0.2) is 75.8 Å². The summed E-state index contributed by atoms with van der Waals surface area (Å²) in [7, 11) is 0. The second-order valence-corrected chi connectivity index (χ2v) is 8.55. The Labute approximate surface area is 177 Å². The number of carbonyl (C=O) groups is 1. The molecule has 3 fully saturated rings. The monoisotopic (exact) mass is 426 g/mol. The van der Waals surface area contributed by atoms with E-state index in [1.54, 1.807) is 4.90 Å². The van der Waals surface area contributed by atoms with Gasteiger partial charge in [-0.05, 0) is 36.6 Å². The summed E-state index contributed by atoms with van der Waals surface area (Å²) < 4.78 is 27.2. The van der Waals surface area contributed by atoms with Crippen LogP contribution in [0.1, 0.15) is 25.3 Å². The predicted molar refractivity (Wildman–Crippen MR) is 109 cm³/mol. The van der Waals surface area contributed by atoms with Gasteiger partial charge >= 0.3 is 0 Å². The zero-order chi connectivity index (χ0) is 21.0. The number of alkyl halides is 1. The number of aromatic nitrogens is 4. The molecule has 1 amide bonds. The Kier molecular flexibility index (Phi) is 4.24. The molecule has 2 aliphatic heterocycles. The fraction of sp³-hybridized carbons (Fsp3) is 0.524. The lowest BCUT2D eigenvalue weighted by atomic mass is 9.81. The van der Waals surface area contributed by atoms with Crippen molar-refractivity contribution in [3.63, 3.8) is 0 Å². The van der Waals surface area contributed by atoms with E-state index in [0.717, 1.165) is 22.9 Å². The molecule has 2 aromatic heterocycles. The van der Waals surface area contributed by atoms with Crippen molar-refractivity contribution in [2.24, 2.45) is 0 Å². The van der Waals surface area contributed by atoms with Gasteiger partial charge in [-0.3, -0.25) is 9.48 Å². The van der Waals surface area contributed by atoms with Gasteiger partial charge in [-0.15, -0.1) is 0 Å². The summed E-state index contributed by atoms with van der Waals surface area (Å²) >= 11 is 0. The maximum Gasteiger partial charge on any atom is 0.266 e. The van der Waals surface area contributed by atoms with Gasteiger partial charge in [-0.2, -0.15) is 10.1 Å². The first-order valence-corrected chi connectivity index (χ1v) is 10.7. The number of hydrogen-bond donors (Lipinski definition) is 0. The summed E-state index contributed by atoms with van der Waals surface area (Å²) in [5, 5.41) is 9.67. The lowest BCUT2D eigenvalue weighted by Crippen LogP contribution is -2.56. The number of amides is 1. The first-order chi connectivity index (χ1) is 15.1. The number of carbonyl (C=O) groups excluding carboxylic acids is 1. The standard InChI is InChI=1S/C21H23FN6O3/c22-21(4-1-5-21)19(29)26-6-8-27(9-7-26)20-24-18(31-25-20)14-2-3-15-11-23-28(17(15)10-14)16-12-30-13-16/h2-3,10-11,16H,1,4-9,12-13H2. The number of hydrogen-bond acceptors (Lipinski definition) is 7. The van der Waals surface area contributed by atoms with Crippen molar-refractivity contribution >= 4 is 22.8 Å². The minimum Gasteiger partial charge on any atom is -0.377 e. The molecule has 0 unspecified atom stereocenters. The maximum absolute atomic E-state index is 14.4. The van der Waals surface area contributed by atoms with Crippen LogP contribution in [0.4, 0.5) is 10.3 Å². The number of nitrogens with zero attached hydrogens (tertiary/aromatic N) is 6. The van der Waals surface area contributed by atoms with Crippen molar-refractivity contribution in [2.45, 2.75) is 31.0 Å². The molecule has 0 N–H and O–H groups in total. The van der Waals surface area contributed by atoms with Gasteiger partial charge in [-0.25, -0.2) is 4.39 Å². The van der Waals surface area contributed by atoms with Gasteiger partial charge in [-0.1, -0.05) is 6.07 Å². The van der Waals surface area contributed by atoms with Crippen molar-refractivity contribution in [3.8, 4) is 11.5 Å². The Hall–Kier alpha value is -3.01. The summed E-state index contributed by atoms with van der Waals surface area (Å²) in [6.07, 6.45) is 3.33. The molecule has 1 aliphatic carbocycles. The number of piperazine rings is 1. The minimum absolute atomic E-state index is 0.258. The van der Waals surface area contributed by atoms with Gasteiger partial charge in [0.25, 0.3) is 17.7 Å². The molecule has 162 valence electrons. The van der Waals surface area contributed by atoms with Gasteiger partial charge in [0.1, 0.15) is 0 Å². The van der Waals surface area contributed by atoms with Crippen molar-refractivity contribution < 1.29 is 18.4 Å². The largest absolute Gasteiger partial charge is 0.377 e. The molecule has 2 saturated heterocycles. The van der Waals surface area contributed by atoms with Gasteiger partial charge < -0.3 is 19.1 Å². The summed E-state index contributed by atoms with van der Waals surface area (Å²) in [6, 6.07) is 6.20. The molecular formula is C21H23FN6O3. The number of rotatable bonds is 4. The lowest BCUT2D eigenvalue weighted by molar-refractivity contribution is -0.150. The molecule has 3 aromatic rings. The van der Waals surface area contributed by atoms with Crippen LogP contribution >= 0.6 is 0 Å². The Bertz CT molecular complexity index is 1130. The van der Waals surface area contributed by atoms with Crippen molar-refractivity contribution in [2.75, 3.05) is 44.3 Å². The summed E-state index contributed by atoms with van der Waals surface area (Å²) in [6.45, 7) is 3.36. The van der Waals surface area contributed by atoms with E-state index in [1.165, 1.54) is 0 Å². The molecule has 3 aliphatic rings. The summed E-state index contributed by atoms with van der Waals surface area (Å²) in [4.78, 5) is 20.5. The van der Waals surface area contributed by atoms with Crippen LogP contribution < -0.4 is 4.90 Å². The smallest absolute Gasteiger partial charge is 0.266 e. The van der Waals surface area contributed by atoms with E-state index in [4.69, 9.17) is 9.26 Å². The quantitative estimate of drug-likeness (QED) is 0.632. The first-order valence-electron chi connectivity index (χ1n) is 10.7. The molecule has 0 bridgehead atoms. The molecule has 1 aromatic carbocycles. The van der Waals surface area contributed by atoms with E-state index >= 15 is 0 Å². The fourth-order valence-electron chi connectivity index (χ4n) is 4.38. The number of anilines is 1. The van der Waals surface area contributed by atoms with Crippen LogP contribution in [0, 0.1) is 0 Å². The number of benzene rings is 1. The molecule has 1 saturated carbocycles. The highest BCUT2D eigenvalue weighted by Gasteiger charge is 2.47. The van der Waals surface area contributed by atoms with Crippen LogP contribution in [0.2, 0.25) is 0 Å². The highest BCUT2D eigenvalue weighted by atomic mass is 19.1. The molecule has 10 heteroatoms. The molecular weight excluding hydrogens is 403 g/mol. The average molecular weight is 426 g/mol. The second kappa shape index (κ2) is 7.01. The topological polar surface area (TPSA) is 89.5 Å². The van der Waals surface area contributed by atoms with Crippen LogP contribution in [0.5, 0.6) is 0 Å². The van der Waals surface area contributed by atoms with Gasteiger partial charge in [0, 0.05) is 37.1 Å². The normalized spacial score (nSPS) is 21.2. The molecule has 9 nitrogen and oxygen atoms in total. The van der Waals surface area contributed by atoms with E-state index in [2.05, 4.69) is 15.2 Å². The Morgan fingerprint density at radius 1 is 1.16 bits per heavy atom. The van der Waals surface area contributed by atoms with Crippen LogP contribution in [0.25, 0.3) is 22.4 Å². The molecule has 4 heterocycles. The third kappa shape index (κ3) is 3.08. The van der Waals surface area contributed by atoms with Crippen molar-refractivity contribution in [3.05, 3.63) is 24.4 Å². The minimum atomic E-state index is -1.64. The van der Waals surface area contributed by atoms with Gasteiger partial charge in [0.05, 0.1) is 31.0 Å². The van der Waals surface area contributed by atoms with Gasteiger partial charge in [0.2, 0.25) is 0 Å². The van der Waals surface area contributed by atoms with E-state index < -0.39 is 5.67 Å². The van der Waals surface area contributed by atoms with E-state index in [-0.39, 0.29) is 11.9 Å². The van der Waals surface area contributed by atoms with E-state index in [0.29, 0.717) is 64.1 Å². The zero-order valence-corrected chi connectivity index (χ0v) is 17.0. The lowest BCUT2D eigenvalue weighted by Gasteiger charge is -2.40. The molecule has 6 rings (SSSR count). The van der Waals surface area contributed by atoms with Crippen LogP contribution in [0.3, 0.4) is 0 Å². The summed E-state index contributed by atoms with van der Waals surface area (Å²) in [5.41, 5.74) is 0.193. The van der Waals surface area contributed by atoms with Crippen molar-refractivity contribution in [1.29, 1.82) is 0 Å². The third-order valence-electron chi connectivity index (χ3n) is 6.61. The molecule has 31 heavy (non-hydrogen) atoms. The second-order valence-electron chi connectivity index (χ2n) is 8.55. The van der Waals surface area contributed by atoms with E-state index in [9.17, 15) is 9.18 Å². The third-order valence-corrected chi connectivity index (χ3v) is 6.61. The zero-order valence-electron chi connectivity index (χ0n) is 17.0. The fourth-order valence-corrected chi connectivity index (χ4v) is 4.38. The Balaban J connectivity index is 1.17. The average Bonchev–Trinajstić information content (AvgIpc) is 3.38. The van der Waals surface area contributed by atoms with Crippen LogP contribution in [-0.2, 0) is 9.53 Å². The highest BCUT2D eigenvalue weighted by Crippen LogP contribution is 2.37. The number of halogens is 1. The molecule has 0 spiro atoms. The number of ether oxygens (including phenoxy) is 1. The number of fused-ring (bicyclic) bond motifs is 1. The van der Waals surface area contributed by atoms with E-state index in [1.807, 2.05) is 34.0 Å². The Morgan fingerprint density at radius 3 is 2.65 bits per heavy atom. The SMILES string of the molecule is O=C(N1CCN(c2noc(-c3ccc4cnn(C5COC5)c4c3)n2)CC1)C1(F)CCC1. The van der Waals surface area contributed by atoms with Crippen molar-refractivity contribution in [1.82, 2.24) is 24.8 Å². The first kappa shape index (κ1) is 18.7. The summed E-state index contributed by atoms with van der Waals surface area (Å²) in [5.74, 6) is 0.556. The highest BCUT2D eigenvalue weighted by molar-refractivity contribution is 5.86. The van der Waals surface area contributed by atoms with Gasteiger partial charge in [0.15, 0.2) is 5.67 Å². The molecule has 0 radical (unpaired) electrons. The maximum atomic E-state index is 14.4. The van der Waals surface area contributed by atoms with Crippen LogP contribution in [0.15, 0.2) is 28.9 Å². The predicted octanol–water partition coefficient (Wildman–Crippen LogP) is 2.20.